The molecule has 0 aromatic carbocycles. The monoisotopic (exact) mass is 342 g/mol. The highest BCUT2D eigenvalue weighted by Gasteiger charge is 2.23. The lowest BCUT2D eigenvalue weighted by molar-refractivity contribution is 0.620. The summed E-state index contributed by atoms with van der Waals surface area (Å²) in [5, 5.41) is 7.57. The summed E-state index contributed by atoms with van der Waals surface area (Å²) in [6, 6.07) is 3.66. The Morgan fingerprint density at radius 1 is 1.32 bits per heavy atom. The van der Waals surface area contributed by atoms with Crippen LogP contribution in [-0.2, 0) is 13.5 Å². The molecule has 0 spiro atoms. The standard InChI is InChI=1S/C18H26N6O/c1-4-5-16-21-13(2)8-17(22-16)19-10-14-6-7-24(12-14)15-9-18(25)23(3)20-11-15/h8-9,11,14H,4-7,10,12H2,1-3H3,(H,19,21,22)/t14-/m0/s1. The molecular weight excluding hydrogens is 316 g/mol. The Labute approximate surface area is 148 Å². The van der Waals surface area contributed by atoms with Crippen LogP contribution in [0.15, 0.2) is 23.1 Å². The van der Waals surface area contributed by atoms with Gasteiger partial charge < -0.3 is 10.2 Å². The fourth-order valence-corrected chi connectivity index (χ4v) is 3.17. The fraction of sp³-hybridized carbons (Fsp3) is 0.556. The molecule has 2 aromatic rings. The molecule has 0 radical (unpaired) electrons. The first-order chi connectivity index (χ1) is 12.0. The van der Waals surface area contributed by atoms with E-state index in [-0.39, 0.29) is 5.56 Å². The molecular formula is C18H26N6O. The van der Waals surface area contributed by atoms with E-state index in [1.807, 2.05) is 13.0 Å². The lowest BCUT2D eigenvalue weighted by atomic mass is 10.1. The Morgan fingerprint density at radius 3 is 2.92 bits per heavy atom. The average molecular weight is 342 g/mol. The van der Waals surface area contributed by atoms with Gasteiger partial charge in [-0.15, -0.1) is 0 Å². The van der Waals surface area contributed by atoms with Crippen molar-refractivity contribution in [3.05, 3.63) is 40.2 Å². The van der Waals surface area contributed by atoms with Gasteiger partial charge in [-0.2, -0.15) is 5.10 Å². The maximum absolute atomic E-state index is 11.8. The van der Waals surface area contributed by atoms with Crippen LogP contribution in [0.1, 0.15) is 31.3 Å². The number of nitrogens with zero attached hydrogens (tertiary/aromatic N) is 5. The van der Waals surface area contributed by atoms with Gasteiger partial charge in [0.05, 0.1) is 11.9 Å². The van der Waals surface area contributed by atoms with Crippen molar-refractivity contribution in [2.24, 2.45) is 13.0 Å². The number of aryl methyl sites for hydroxylation is 3. The molecule has 1 N–H and O–H groups in total. The van der Waals surface area contributed by atoms with E-state index in [0.29, 0.717) is 5.92 Å². The van der Waals surface area contributed by atoms with Crippen LogP contribution in [0.4, 0.5) is 11.5 Å². The summed E-state index contributed by atoms with van der Waals surface area (Å²) >= 11 is 0. The van der Waals surface area contributed by atoms with Crippen molar-refractivity contribution in [2.45, 2.75) is 33.1 Å². The lowest BCUT2D eigenvalue weighted by Crippen LogP contribution is -2.26. The summed E-state index contributed by atoms with van der Waals surface area (Å²) < 4.78 is 1.35. The highest BCUT2D eigenvalue weighted by atomic mass is 16.1. The zero-order valence-corrected chi connectivity index (χ0v) is 15.2. The molecule has 2 aromatic heterocycles. The van der Waals surface area contributed by atoms with Crippen molar-refractivity contribution in [3.8, 4) is 0 Å². The van der Waals surface area contributed by atoms with Gasteiger partial charge in [-0.25, -0.2) is 14.6 Å². The summed E-state index contributed by atoms with van der Waals surface area (Å²) in [7, 11) is 1.67. The number of hydrogen-bond donors (Lipinski definition) is 1. The van der Waals surface area contributed by atoms with Crippen molar-refractivity contribution >= 4 is 11.5 Å². The van der Waals surface area contributed by atoms with E-state index in [1.165, 1.54) is 4.68 Å². The molecule has 0 saturated carbocycles. The molecule has 0 unspecified atom stereocenters. The van der Waals surface area contributed by atoms with Gasteiger partial charge in [-0.05, 0) is 25.7 Å². The van der Waals surface area contributed by atoms with Gasteiger partial charge in [0.15, 0.2) is 0 Å². The highest BCUT2D eigenvalue weighted by molar-refractivity contribution is 5.44. The number of rotatable bonds is 6. The van der Waals surface area contributed by atoms with Gasteiger partial charge in [-0.1, -0.05) is 6.92 Å². The molecule has 1 aliphatic heterocycles. The van der Waals surface area contributed by atoms with Crippen LogP contribution >= 0.6 is 0 Å². The predicted molar refractivity (Wildman–Crippen MR) is 99.1 cm³/mol. The Balaban J connectivity index is 1.58. The molecule has 0 bridgehead atoms. The second kappa shape index (κ2) is 7.63. The van der Waals surface area contributed by atoms with E-state index in [0.717, 1.165) is 61.9 Å². The topological polar surface area (TPSA) is 75.9 Å². The predicted octanol–water partition coefficient (Wildman–Crippen LogP) is 1.77. The minimum absolute atomic E-state index is 0.0704. The molecule has 1 saturated heterocycles. The molecule has 134 valence electrons. The Morgan fingerprint density at radius 2 is 2.16 bits per heavy atom. The van der Waals surface area contributed by atoms with Crippen LogP contribution in [0, 0.1) is 12.8 Å². The zero-order valence-electron chi connectivity index (χ0n) is 15.2. The van der Waals surface area contributed by atoms with E-state index < -0.39 is 0 Å². The van der Waals surface area contributed by atoms with Crippen LogP contribution in [0.3, 0.4) is 0 Å². The highest BCUT2D eigenvalue weighted by Crippen LogP contribution is 2.22. The van der Waals surface area contributed by atoms with Crippen molar-refractivity contribution in [2.75, 3.05) is 29.9 Å². The third kappa shape index (κ3) is 4.35. The van der Waals surface area contributed by atoms with Crippen molar-refractivity contribution < 1.29 is 0 Å². The quantitative estimate of drug-likeness (QED) is 0.862. The Kier molecular flexibility index (Phi) is 5.31. The summed E-state index contributed by atoms with van der Waals surface area (Å²) in [4.78, 5) is 23.0. The number of nitrogens with one attached hydrogen (secondary N) is 1. The molecule has 3 heterocycles. The van der Waals surface area contributed by atoms with Gasteiger partial charge in [0.2, 0.25) is 0 Å². The number of anilines is 2. The smallest absolute Gasteiger partial charge is 0.268 e. The fourth-order valence-electron chi connectivity index (χ4n) is 3.17. The van der Waals surface area contributed by atoms with Gasteiger partial charge in [0.1, 0.15) is 11.6 Å². The molecule has 0 aliphatic carbocycles. The second-order valence-electron chi connectivity index (χ2n) is 6.72. The normalized spacial score (nSPS) is 17.1. The molecule has 1 aliphatic rings. The zero-order chi connectivity index (χ0) is 17.8. The van der Waals surface area contributed by atoms with Crippen LogP contribution in [0.25, 0.3) is 0 Å². The van der Waals surface area contributed by atoms with E-state index in [4.69, 9.17) is 0 Å². The molecule has 7 nitrogen and oxygen atoms in total. The van der Waals surface area contributed by atoms with Gasteiger partial charge in [0, 0.05) is 50.9 Å². The van der Waals surface area contributed by atoms with Crippen molar-refractivity contribution in [1.29, 1.82) is 0 Å². The first-order valence-electron chi connectivity index (χ1n) is 8.92. The third-order valence-electron chi connectivity index (χ3n) is 4.55. The lowest BCUT2D eigenvalue weighted by Gasteiger charge is -2.18. The Hall–Kier alpha value is -2.44. The van der Waals surface area contributed by atoms with Crippen LogP contribution < -0.4 is 15.8 Å². The molecule has 3 rings (SSSR count). The van der Waals surface area contributed by atoms with Gasteiger partial charge >= 0.3 is 0 Å². The van der Waals surface area contributed by atoms with Crippen LogP contribution in [0.2, 0.25) is 0 Å². The largest absolute Gasteiger partial charge is 0.370 e. The summed E-state index contributed by atoms with van der Waals surface area (Å²) in [5.41, 5.74) is 1.84. The van der Waals surface area contributed by atoms with Crippen molar-refractivity contribution in [3.63, 3.8) is 0 Å². The maximum Gasteiger partial charge on any atom is 0.268 e. The minimum Gasteiger partial charge on any atom is -0.370 e. The molecule has 1 atom stereocenters. The van der Waals surface area contributed by atoms with E-state index in [9.17, 15) is 4.79 Å². The van der Waals surface area contributed by atoms with Crippen molar-refractivity contribution in [1.82, 2.24) is 19.7 Å². The molecule has 0 amide bonds. The SMILES string of the molecule is CCCc1nc(C)cc(NC[C@@H]2CCN(c3cnn(C)c(=O)c3)C2)n1. The summed E-state index contributed by atoms with van der Waals surface area (Å²) in [5.74, 6) is 2.34. The molecule has 1 fully saturated rings. The average Bonchev–Trinajstić information content (AvgIpc) is 3.04. The Bertz CT molecular complexity index is 787. The second-order valence-corrected chi connectivity index (χ2v) is 6.72. The number of hydrogen-bond acceptors (Lipinski definition) is 6. The van der Waals surface area contributed by atoms with Crippen LogP contribution in [0.5, 0.6) is 0 Å². The van der Waals surface area contributed by atoms with E-state index in [2.05, 4.69) is 32.2 Å². The summed E-state index contributed by atoms with van der Waals surface area (Å²) in [6.45, 7) is 6.89. The first-order valence-corrected chi connectivity index (χ1v) is 8.92. The molecule has 25 heavy (non-hydrogen) atoms. The maximum atomic E-state index is 11.8. The summed E-state index contributed by atoms with van der Waals surface area (Å²) in [6.07, 6.45) is 4.81. The van der Waals surface area contributed by atoms with E-state index >= 15 is 0 Å². The van der Waals surface area contributed by atoms with Gasteiger partial charge in [-0.3, -0.25) is 4.79 Å². The van der Waals surface area contributed by atoms with Crippen LogP contribution in [-0.4, -0.2) is 39.4 Å². The number of aromatic nitrogens is 4. The van der Waals surface area contributed by atoms with E-state index in [1.54, 1.807) is 19.3 Å². The minimum atomic E-state index is -0.0704. The third-order valence-corrected chi connectivity index (χ3v) is 4.55. The van der Waals surface area contributed by atoms with Gasteiger partial charge in [0.25, 0.3) is 5.56 Å². The first kappa shape index (κ1) is 17.4. The molecule has 7 heteroatoms.